The van der Waals surface area contributed by atoms with Gasteiger partial charge in [0.25, 0.3) is 5.91 Å². The highest BCUT2D eigenvalue weighted by atomic mass is 16.2. The van der Waals surface area contributed by atoms with Crippen LogP contribution in [0.4, 0.5) is 0 Å². The van der Waals surface area contributed by atoms with E-state index < -0.39 is 0 Å². The number of fused-ring (bicyclic) bond motifs is 1. The first kappa shape index (κ1) is 13.1. The molecule has 1 aliphatic rings. The molecule has 2 aromatic heterocycles. The monoisotopic (exact) mass is 273 g/mol. The van der Waals surface area contributed by atoms with Gasteiger partial charge in [-0.25, -0.2) is 9.50 Å². The minimum absolute atomic E-state index is 0.0199. The number of nitrogens with one attached hydrogen (secondary N) is 1. The van der Waals surface area contributed by atoms with Gasteiger partial charge < -0.3 is 10.2 Å². The van der Waals surface area contributed by atoms with Crippen molar-refractivity contribution in [2.45, 2.75) is 26.8 Å². The van der Waals surface area contributed by atoms with Gasteiger partial charge in [-0.05, 0) is 26.8 Å². The molecule has 106 valence electrons. The molecule has 6 nitrogen and oxygen atoms in total. The zero-order valence-corrected chi connectivity index (χ0v) is 12.1. The number of hydrogen-bond donors (Lipinski definition) is 1. The van der Waals surface area contributed by atoms with Gasteiger partial charge in [-0.3, -0.25) is 4.79 Å². The van der Waals surface area contributed by atoms with E-state index in [9.17, 15) is 4.79 Å². The van der Waals surface area contributed by atoms with Gasteiger partial charge in [0.05, 0.1) is 6.20 Å². The van der Waals surface area contributed by atoms with Crippen molar-refractivity contribution < 1.29 is 4.79 Å². The van der Waals surface area contributed by atoms with Crippen LogP contribution < -0.4 is 5.32 Å². The number of piperazine rings is 1. The first-order chi connectivity index (χ1) is 9.58. The maximum Gasteiger partial charge on any atom is 0.259 e. The van der Waals surface area contributed by atoms with Crippen molar-refractivity contribution in [3.63, 3.8) is 0 Å². The lowest BCUT2D eigenvalue weighted by atomic mass is 10.2. The van der Waals surface area contributed by atoms with E-state index in [4.69, 9.17) is 0 Å². The molecule has 1 amide bonds. The van der Waals surface area contributed by atoms with Crippen LogP contribution in [0.25, 0.3) is 5.65 Å². The van der Waals surface area contributed by atoms with E-state index in [1.54, 1.807) is 10.7 Å². The van der Waals surface area contributed by atoms with Gasteiger partial charge in [0.2, 0.25) is 0 Å². The molecule has 1 fully saturated rings. The second-order valence-corrected chi connectivity index (χ2v) is 5.38. The highest BCUT2D eigenvalue weighted by Crippen LogP contribution is 2.16. The van der Waals surface area contributed by atoms with E-state index in [2.05, 4.69) is 22.3 Å². The van der Waals surface area contributed by atoms with Crippen molar-refractivity contribution in [3.8, 4) is 0 Å². The van der Waals surface area contributed by atoms with Crippen LogP contribution >= 0.6 is 0 Å². The minimum atomic E-state index is 0.0199. The second-order valence-electron chi connectivity index (χ2n) is 5.38. The topological polar surface area (TPSA) is 62.5 Å². The Bertz CT molecular complexity index is 663. The van der Waals surface area contributed by atoms with E-state index in [1.165, 1.54) is 0 Å². The summed E-state index contributed by atoms with van der Waals surface area (Å²) < 4.78 is 1.73. The summed E-state index contributed by atoms with van der Waals surface area (Å²) in [6.45, 7) is 8.34. The van der Waals surface area contributed by atoms with Crippen LogP contribution in [-0.4, -0.2) is 51.1 Å². The third kappa shape index (κ3) is 2.06. The lowest BCUT2D eigenvalue weighted by Gasteiger charge is -2.33. The number of amides is 1. The summed E-state index contributed by atoms with van der Waals surface area (Å²) in [5.41, 5.74) is 3.13. The van der Waals surface area contributed by atoms with Gasteiger partial charge in [0, 0.05) is 37.1 Å². The van der Waals surface area contributed by atoms with Crippen molar-refractivity contribution >= 4 is 11.6 Å². The lowest BCUT2D eigenvalue weighted by molar-refractivity contribution is 0.0657. The maximum atomic E-state index is 12.7. The summed E-state index contributed by atoms with van der Waals surface area (Å²) in [4.78, 5) is 19.1. The van der Waals surface area contributed by atoms with Gasteiger partial charge in [0.1, 0.15) is 5.56 Å². The van der Waals surface area contributed by atoms with Crippen LogP contribution in [0, 0.1) is 13.8 Å². The molecule has 0 spiro atoms. The van der Waals surface area contributed by atoms with Crippen molar-refractivity contribution in [3.05, 3.63) is 29.2 Å². The van der Waals surface area contributed by atoms with Gasteiger partial charge >= 0.3 is 0 Å². The van der Waals surface area contributed by atoms with E-state index >= 15 is 0 Å². The van der Waals surface area contributed by atoms with Crippen molar-refractivity contribution in [2.24, 2.45) is 0 Å². The lowest BCUT2D eigenvalue weighted by Crippen LogP contribution is -2.52. The summed E-state index contributed by atoms with van der Waals surface area (Å²) in [7, 11) is 0. The molecule has 0 saturated carbocycles. The normalized spacial score (nSPS) is 19.6. The zero-order valence-electron chi connectivity index (χ0n) is 12.1. The maximum absolute atomic E-state index is 12.7. The van der Waals surface area contributed by atoms with E-state index in [0.29, 0.717) is 11.2 Å². The fourth-order valence-electron chi connectivity index (χ4n) is 2.72. The van der Waals surface area contributed by atoms with Gasteiger partial charge in [-0.15, -0.1) is 0 Å². The number of nitrogens with zero attached hydrogens (tertiary/aromatic N) is 4. The van der Waals surface area contributed by atoms with Gasteiger partial charge in [0.15, 0.2) is 5.65 Å². The van der Waals surface area contributed by atoms with Crippen LogP contribution in [0.2, 0.25) is 0 Å². The molecule has 0 bridgehead atoms. The third-order valence-corrected chi connectivity index (χ3v) is 3.77. The van der Waals surface area contributed by atoms with Crippen LogP contribution in [-0.2, 0) is 0 Å². The average molecular weight is 273 g/mol. The van der Waals surface area contributed by atoms with Gasteiger partial charge in [-0.1, -0.05) is 0 Å². The molecule has 20 heavy (non-hydrogen) atoms. The molecular weight excluding hydrogens is 254 g/mol. The Morgan fingerprint density at radius 2 is 2.25 bits per heavy atom. The molecule has 1 aliphatic heterocycles. The number of hydrogen-bond acceptors (Lipinski definition) is 4. The molecule has 0 unspecified atom stereocenters. The third-order valence-electron chi connectivity index (χ3n) is 3.77. The zero-order chi connectivity index (χ0) is 14.3. The molecular formula is C14H19N5O. The Hall–Kier alpha value is -1.95. The Morgan fingerprint density at radius 3 is 3.00 bits per heavy atom. The van der Waals surface area contributed by atoms with E-state index in [-0.39, 0.29) is 11.9 Å². The van der Waals surface area contributed by atoms with Crippen LogP contribution in [0.15, 0.2) is 12.3 Å². The SMILES string of the molecule is Cc1cc(C)n2ncc(C(=O)N3CCNC[C@@H]3C)c2n1. The van der Waals surface area contributed by atoms with Crippen molar-refractivity contribution in [2.75, 3.05) is 19.6 Å². The molecule has 2 aromatic rings. The smallest absolute Gasteiger partial charge is 0.259 e. The van der Waals surface area contributed by atoms with Crippen molar-refractivity contribution in [1.29, 1.82) is 0 Å². The Kier molecular flexibility index (Phi) is 3.17. The number of carbonyl (C=O) groups excluding carboxylic acids is 1. The number of rotatable bonds is 1. The largest absolute Gasteiger partial charge is 0.333 e. The second kappa shape index (κ2) is 4.86. The molecule has 1 atom stereocenters. The summed E-state index contributed by atoms with van der Waals surface area (Å²) in [5, 5.41) is 7.58. The Labute approximate surface area is 117 Å². The highest BCUT2D eigenvalue weighted by molar-refractivity contribution is 5.99. The standard InChI is InChI=1S/C14H19N5O/c1-9-6-10(2)19-13(17-9)12(8-16-19)14(20)18-5-4-15-7-11(18)3/h6,8,11,15H,4-5,7H2,1-3H3/t11-/m0/s1. The Morgan fingerprint density at radius 1 is 1.45 bits per heavy atom. The molecule has 3 heterocycles. The summed E-state index contributed by atoms with van der Waals surface area (Å²) in [6.07, 6.45) is 1.63. The fourth-order valence-corrected chi connectivity index (χ4v) is 2.72. The summed E-state index contributed by atoms with van der Waals surface area (Å²) in [6, 6.07) is 2.15. The molecule has 1 saturated heterocycles. The average Bonchev–Trinajstić information content (AvgIpc) is 2.82. The molecule has 1 N–H and O–H groups in total. The molecule has 0 radical (unpaired) electrons. The number of carbonyl (C=O) groups is 1. The summed E-state index contributed by atoms with van der Waals surface area (Å²) >= 11 is 0. The summed E-state index contributed by atoms with van der Waals surface area (Å²) in [5.74, 6) is 0.0199. The quantitative estimate of drug-likeness (QED) is 0.834. The first-order valence-electron chi connectivity index (χ1n) is 6.91. The van der Waals surface area contributed by atoms with Crippen LogP contribution in [0.5, 0.6) is 0 Å². The minimum Gasteiger partial charge on any atom is -0.333 e. The number of aryl methyl sites for hydroxylation is 2. The van der Waals surface area contributed by atoms with Gasteiger partial charge in [-0.2, -0.15) is 5.10 Å². The Balaban J connectivity index is 2.03. The number of aromatic nitrogens is 3. The predicted molar refractivity (Wildman–Crippen MR) is 75.8 cm³/mol. The van der Waals surface area contributed by atoms with E-state index in [0.717, 1.165) is 31.0 Å². The van der Waals surface area contributed by atoms with Crippen LogP contribution in [0.1, 0.15) is 28.7 Å². The first-order valence-corrected chi connectivity index (χ1v) is 6.91. The molecule has 3 rings (SSSR count). The van der Waals surface area contributed by atoms with Crippen molar-refractivity contribution in [1.82, 2.24) is 24.8 Å². The molecule has 0 aliphatic carbocycles. The van der Waals surface area contributed by atoms with E-state index in [1.807, 2.05) is 24.8 Å². The predicted octanol–water partition coefficient (Wildman–Crippen LogP) is 0.780. The molecule has 0 aromatic carbocycles. The fraction of sp³-hybridized carbons (Fsp3) is 0.500. The van der Waals surface area contributed by atoms with Crippen LogP contribution in [0.3, 0.4) is 0 Å². The molecule has 6 heteroatoms. The highest BCUT2D eigenvalue weighted by Gasteiger charge is 2.27.